The van der Waals surface area contributed by atoms with Crippen molar-refractivity contribution in [1.82, 2.24) is 0 Å². The summed E-state index contributed by atoms with van der Waals surface area (Å²) in [5.41, 5.74) is 5.13. The lowest BCUT2D eigenvalue weighted by Gasteiger charge is -2.14. The highest BCUT2D eigenvalue weighted by Gasteiger charge is 2.12. The fraction of sp³-hybridized carbons (Fsp3) is 0.200. The normalized spacial score (nSPS) is 10.5. The average Bonchev–Trinajstić information content (AvgIpc) is 2.29. The van der Waals surface area contributed by atoms with Gasteiger partial charge in [0.25, 0.3) is 0 Å². The Labute approximate surface area is 101 Å². The first kappa shape index (κ1) is 11.5. The van der Waals surface area contributed by atoms with E-state index in [0.29, 0.717) is 5.56 Å². The van der Waals surface area contributed by atoms with Crippen LogP contribution in [0.3, 0.4) is 0 Å². The lowest BCUT2D eigenvalue weighted by Crippen LogP contribution is -1.91. The number of aryl methyl sites for hydroxylation is 2. The fourth-order valence-corrected chi connectivity index (χ4v) is 2.20. The molecule has 0 spiro atoms. The molecule has 0 amide bonds. The highest BCUT2D eigenvalue weighted by Crippen LogP contribution is 2.38. The molecule has 0 heterocycles. The summed E-state index contributed by atoms with van der Waals surface area (Å²) in [5, 5.41) is 19.2. The predicted molar refractivity (Wildman–Crippen MR) is 69.4 cm³/mol. The topological polar surface area (TPSA) is 40.5 Å². The van der Waals surface area contributed by atoms with Crippen molar-refractivity contribution in [3.8, 4) is 22.6 Å². The molecule has 2 rings (SSSR count). The van der Waals surface area contributed by atoms with Gasteiger partial charge in [-0.2, -0.15) is 0 Å². The third kappa shape index (κ3) is 1.86. The van der Waals surface area contributed by atoms with E-state index in [1.807, 2.05) is 45.0 Å². The second-order valence-corrected chi connectivity index (χ2v) is 4.37. The number of rotatable bonds is 1. The Balaban J connectivity index is 2.74. The van der Waals surface area contributed by atoms with Crippen LogP contribution in [0.1, 0.15) is 16.7 Å². The van der Waals surface area contributed by atoms with Crippen LogP contribution in [-0.2, 0) is 0 Å². The van der Waals surface area contributed by atoms with E-state index in [4.69, 9.17) is 0 Å². The maximum atomic E-state index is 9.78. The first-order valence-electron chi connectivity index (χ1n) is 5.60. The maximum absolute atomic E-state index is 9.78. The summed E-state index contributed by atoms with van der Waals surface area (Å²) in [7, 11) is 0. The third-order valence-electron chi connectivity index (χ3n) is 3.16. The highest BCUT2D eigenvalue weighted by atomic mass is 16.3. The summed E-state index contributed by atoms with van der Waals surface area (Å²) in [6, 6.07) is 9.49. The monoisotopic (exact) mass is 228 g/mol. The number of aromatic hydroxyl groups is 2. The fourth-order valence-electron chi connectivity index (χ4n) is 2.20. The predicted octanol–water partition coefficient (Wildman–Crippen LogP) is 3.69. The molecule has 0 radical (unpaired) electrons. The molecule has 88 valence electrons. The molecule has 0 saturated carbocycles. The molecule has 0 atom stereocenters. The minimum Gasteiger partial charge on any atom is -0.504 e. The van der Waals surface area contributed by atoms with Gasteiger partial charge in [0.05, 0.1) is 0 Å². The van der Waals surface area contributed by atoms with Crippen molar-refractivity contribution in [2.24, 2.45) is 0 Å². The van der Waals surface area contributed by atoms with Gasteiger partial charge in [-0.3, -0.25) is 0 Å². The van der Waals surface area contributed by atoms with E-state index in [1.54, 1.807) is 0 Å². The summed E-state index contributed by atoms with van der Waals surface area (Å²) < 4.78 is 0. The molecule has 0 fully saturated rings. The molecule has 2 aromatic carbocycles. The van der Waals surface area contributed by atoms with E-state index in [9.17, 15) is 10.2 Å². The van der Waals surface area contributed by atoms with Gasteiger partial charge >= 0.3 is 0 Å². The summed E-state index contributed by atoms with van der Waals surface area (Å²) in [4.78, 5) is 0. The molecule has 0 aliphatic heterocycles. The van der Waals surface area contributed by atoms with Gasteiger partial charge in [-0.25, -0.2) is 0 Å². The Morgan fingerprint density at radius 2 is 1.41 bits per heavy atom. The molecule has 0 aliphatic carbocycles. The van der Waals surface area contributed by atoms with E-state index in [2.05, 4.69) is 0 Å². The smallest absolute Gasteiger partial charge is 0.161 e. The van der Waals surface area contributed by atoms with E-state index in [0.717, 1.165) is 22.3 Å². The van der Waals surface area contributed by atoms with Crippen molar-refractivity contribution in [2.45, 2.75) is 20.8 Å². The molecule has 2 N–H and O–H groups in total. The minimum atomic E-state index is -0.0718. The number of phenols is 2. The lowest BCUT2D eigenvalue weighted by molar-refractivity contribution is 0.401. The van der Waals surface area contributed by atoms with Crippen molar-refractivity contribution < 1.29 is 10.2 Å². The Morgan fingerprint density at radius 3 is 2.00 bits per heavy atom. The van der Waals surface area contributed by atoms with Gasteiger partial charge in [0, 0.05) is 5.56 Å². The molecule has 0 saturated heterocycles. The summed E-state index contributed by atoms with van der Waals surface area (Å²) in [6.07, 6.45) is 0. The molecular weight excluding hydrogens is 212 g/mol. The van der Waals surface area contributed by atoms with Crippen LogP contribution in [0.2, 0.25) is 0 Å². The zero-order valence-electron chi connectivity index (χ0n) is 10.3. The van der Waals surface area contributed by atoms with Crippen LogP contribution in [0.4, 0.5) is 0 Å². The Hall–Kier alpha value is -1.96. The quantitative estimate of drug-likeness (QED) is 0.731. The lowest BCUT2D eigenvalue weighted by atomic mass is 9.92. The molecule has 0 aliphatic rings. The van der Waals surface area contributed by atoms with Crippen molar-refractivity contribution in [3.05, 3.63) is 47.0 Å². The van der Waals surface area contributed by atoms with Gasteiger partial charge in [-0.1, -0.05) is 24.3 Å². The van der Waals surface area contributed by atoms with Gasteiger partial charge < -0.3 is 10.2 Å². The number of phenolic OH excluding ortho intramolecular Hbond substituents is 2. The molecule has 0 aromatic heterocycles. The number of benzene rings is 2. The van der Waals surface area contributed by atoms with Gasteiger partial charge in [-0.05, 0) is 49.1 Å². The van der Waals surface area contributed by atoms with Crippen molar-refractivity contribution >= 4 is 0 Å². The standard InChI is InChI=1S/C15H16O2/c1-9-5-4-6-10(2)14(9)12-7-8-13(16)15(17)11(12)3/h4-8,16-17H,1-3H3. The van der Waals surface area contributed by atoms with E-state index >= 15 is 0 Å². The van der Waals surface area contributed by atoms with Crippen LogP contribution < -0.4 is 0 Å². The largest absolute Gasteiger partial charge is 0.504 e. The second kappa shape index (κ2) is 4.13. The van der Waals surface area contributed by atoms with Gasteiger partial charge in [0.1, 0.15) is 0 Å². The summed E-state index contributed by atoms with van der Waals surface area (Å²) >= 11 is 0. The Bertz CT molecular complexity index is 551. The zero-order valence-corrected chi connectivity index (χ0v) is 10.3. The number of hydrogen-bond donors (Lipinski definition) is 2. The van der Waals surface area contributed by atoms with Gasteiger partial charge in [-0.15, -0.1) is 0 Å². The van der Waals surface area contributed by atoms with Crippen LogP contribution in [-0.4, -0.2) is 10.2 Å². The van der Waals surface area contributed by atoms with E-state index < -0.39 is 0 Å². The first-order valence-corrected chi connectivity index (χ1v) is 5.60. The zero-order chi connectivity index (χ0) is 12.6. The highest BCUT2D eigenvalue weighted by molar-refractivity contribution is 5.76. The summed E-state index contributed by atoms with van der Waals surface area (Å²) in [5.74, 6) is -0.109. The molecule has 17 heavy (non-hydrogen) atoms. The first-order chi connectivity index (χ1) is 8.02. The third-order valence-corrected chi connectivity index (χ3v) is 3.16. The van der Waals surface area contributed by atoms with E-state index in [-0.39, 0.29) is 11.5 Å². The Kier molecular flexibility index (Phi) is 2.80. The molecule has 0 unspecified atom stereocenters. The van der Waals surface area contributed by atoms with Crippen LogP contribution in [0.15, 0.2) is 30.3 Å². The van der Waals surface area contributed by atoms with Gasteiger partial charge in [0.15, 0.2) is 11.5 Å². The van der Waals surface area contributed by atoms with Gasteiger partial charge in [0.2, 0.25) is 0 Å². The average molecular weight is 228 g/mol. The Morgan fingerprint density at radius 1 is 0.824 bits per heavy atom. The molecule has 0 bridgehead atoms. The van der Waals surface area contributed by atoms with Crippen LogP contribution in [0.5, 0.6) is 11.5 Å². The molecule has 2 aromatic rings. The number of hydrogen-bond acceptors (Lipinski definition) is 2. The minimum absolute atomic E-state index is 0.0369. The molecule has 2 nitrogen and oxygen atoms in total. The second-order valence-electron chi connectivity index (χ2n) is 4.37. The van der Waals surface area contributed by atoms with Crippen LogP contribution in [0.25, 0.3) is 11.1 Å². The maximum Gasteiger partial charge on any atom is 0.161 e. The summed E-state index contributed by atoms with van der Waals surface area (Å²) in [6.45, 7) is 5.91. The van der Waals surface area contributed by atoms with Crippen LogP contribution >= 0.6 is 0 Å². The molecular formula is C15H16O2. The van der Waals surface area contributed by atoms with E-state index in [1.165, 1.54) is 6.07 Å². The van der Waals surface area contributed by atoms with Crippen molar-refractivity contribution in [2.75, 3.05) is 0 Å². The SMILES string of the molecule is Cc1cccc(C)c1-c1ccc(O)c(O)c1C. The van der Waals surface area contributed by atoms with Crippen molar-refractivity contribution in [1.29, 1.82) is 0 Å². The molecule has 2 heteroatoms. The van der Waals surface area contributed by atoms with Crippen LogP contribution in [0, 0.1) is 20.8 Å². The van der Waals surface area contributed by atoms with Crippen molar-refractivity contribution in [3.63, 3.8) is 0 Å².